The third-order valence-corrected chi connectivity index (χ3v) is 3.98. The van der Waals surface area contributed by atoms with Gasteiger partial charge in [-0.3, -0.25) is 9.59 Å². The molecule has 0 radical (unpaired) electrons. The number of hydrogen-bond donors (Lipinski definition) is 3. The second kappa shape index (κ2) is 5.15. The second-order valence-corrected chi connectivity index (χ2v) is 5.56. The molecule has 1 unspecified atom stereocenters. The lowest BCUT2D eigenvalue weighted by molar-refractivity contribution is -0.137. The number of fused-ring (bicyclic) bond motifs is 1. The van der Waals surface area contributed by atoms with Gasteiger partial charge in [-0.05, 0) is 48.9 Å². The Morgan fingerprint density at radius 2 is 2.20 bits per heavy atom. The third kappa shape index (κ3) is 2.76. The predicted molar refractivity (Wildman–Crippen MR) is 74.9 cm³/mol. The summed E-state index contributed by atoms with van der Waals surface area (Å²) in [7, 11) is 0. The lowest BCUT2D eigenvalue weighted by Gasteiger charge is -2.16. The van der Waals surface area contributed by atoms with E-state index in [1.165, 1.54) is 0 Å². The Bertz CT molecular complexity index is 552. The quantitative estimate of drug-likeness (QED) is 0.762. The fourth-order valence-corrected chi connectivity index (χ4v) is 2.72. The summed E-state index contributed by atoms with van der Waals surface area (Å²) in [5, 5.41) is 15.0. The van der Waals surface area contributed by atoms with Crippen molar-refractivity contribution < 1.29 is 14.7 Å². The Morgan fingerprint density at radius 1 is 1.40 bits per heavy atom. The number of nitrogens with one attached hydrogen (secondary N) is 2. The van der Waals surface area contributed by atoms with Gasteiger partial charge in [-0.25, -0.2) is 0 Å². The van der Waals surface area contributed by atoms with Crippen LogP contribution in [0.1, 0.15) is 35.2 Å². The van der Waals surface area contributed by atoms with E-state index in [2.05, 4.69) is 10.6 Å². The first-order chi connectivity index (χ1) is 9.63. The molecule has 1 aromatic rings. The Hall–Kier alpha value is -2.04. The fraction of sp³-hybridized carbons (Fsp3) is 0.467. The Kier molecular flexibility index (Phi) is 3.34. The van der Waals surface area contributed by atoms with E-state index >= 15 is 0 Å². The van der Waals surface area contributed by atoms with Gasteiger partial charge < -0.3 is 15.7 Å². The largest absolute Gasteiger partial charge is 0.481 e. The molecule has 1 aliphatic carbocycles. The molecule has 1 amide bonds. The maximum Gasteiger partial charge on any atom is 0.305 e. The molecule has 5 nitrogen and oxygen atoms in total. The molecule has 1 saturated carbocycles. The second-order valence-electron chi connectivity index (χ2n) is 5.56. The van der Waals surface area contributed by atoms with Gasteiger partial charge in [0, 0.05) is 23.8 Å². The molecule has 1 aliphatic heterocycles. The average Bonchev–Trinajstić information content (AvgIpc) is 3.15. The van der Waals surface area contributed by atoms with E-state index in [1.54, 1.807) is 6.07 Å². The maximum atomic E-state index is 12.2. The first-order valence-corrected chi connectivity index (χ1v) is 7.03. The minimum absolute atomic E-state index is 0.00288. The Labute approximate surface area is 117 Å². The van der Waals surface area contributed by atoms with Crippen molar-refractivity contribution in [2.75, 3.05) is 11.9 Å². The fourth-order valence-electron chi connectivity index (χ4n) is 2.72. The highest BCUT2D eigenvalue weighted by Gasteiger charge is 2.33. The highest BCUT2D eigenvalue weighted by Crippen LogP contribution is 2.34. The highest BCUT2D eigenvalue weighted by atomic mass is 16.4. The highest BCUT2D eigenvalue weighted by molar-refractivity contribution is 5.95. The normalized spacial score (nSPS) is 18.0. The molecule has 0 bridgehead atoms. The molecular formula is C15H18N2O3. The number of benzene rings is 1. The molecule has 3 N–H and O–H groups in total. The minimum atomic E-state index is -0.861. The number of anilines is 1. The molecule has 0 saturated heterocycles. The topological polar surface area (TPSA) is 78.4 Å². The van der Waals surface area contributed by atoms with Gasteiger partial charge in [0.15, 0.2) is 0 Å². The number of amides is 1. The summed E-state index contributed by atoms with van der Waals surface area (Å²) in [5.41, 5.74) is 2.85. The monoisotopic (exact) mass is 274 g/mol. The predicted octanol–water partition coefficient (Wildman–Crippen LogP) is 1.64. The van der Waals surface area contributed by atoms with E-state index in [4.69, 9.17) is 5.11 Å². The summed E-state index contributed by atoms with van der Waals surface area (Å²) in [6, 6.07) is 5.36. The smallest absolute Gasteiger partial charge is 0.305 e. The van der Waals surface area contributed by atoms with Gasteiger partial charge in [0.05, 0.1) is 6.42 Å². The zero-order valence-corrected chi connectivity index (χ0v) is 11.2. The van der Waals surface area contributed by atoms with E-state index < -0.39 is 5.97 Å². The summed E-state index contributed by atoms with van der Waals surface area (Å²) in [5.74, 6) is -0.704. The van der Waals surface area contributed by atoms with Gasteiger partial charge in [0.1, 0.15) is 0 Å². The number of hydrogen-bond acceptors (Lipinski definition) is 3. The standard InChI is InChI=1S/C15H18N2O3/c18-14(19)8-13(9-1-2-9)17-15(20)11-3-4-12-10(7-11)5-6-16-12/h3-4,7,9,13,16H,1-2,5-6,8H2,(H,17,20)(H,18,19). The number of carboxylic acids is 1. The SMILES string of the molecule is O=C(O)CC(NC(=O)c1ccc2c(c1)CCN2)C1CC1. The zero-order chi connectivity index (χ0) is 14.1. The first-order valence-electron chi connectivity index (χ1n) is 7.03. The van der Waals surface area contributed by atoms with E-state index in [-0.39, 0.29) is 18.4 Å². The zero-order valence-electron chi connectivity index (χ0n) is 11.2. The summed E-state index contributed by atoms with van der Waals surface area (Å²) in [6.07, 6.45) is 2.94. The van der Waals surface area contributed by atoms with Gasteiger partial charge in [0.2, 0.25) is 0 Å². The van der Waals surface area contributed by atoms with Crippen LogP contribution < -0.4 is 10.6 Å². The van der Waals surface area contributed by atoms with Crippen molar-refractivity contribution in [3.8, 4) is 0 Å². The summed E-state index contributed by atoms with van der Waals surface area (Å²) < 4.78 is 0. The first kappa shape index (κ1) is 13.0. The van der Waals surface area contributed by atoms with Gasteiger partial charge in [-0.1, -0.05) is 0 Å². The van der Waals surface area contributed by atoms with Crippen LogP contribution in [0, 0.1) is 5.92 Å². The molecule has 0 spiro atoms. The van der Waals surface area contributed by atoms with Gasteiger partial charge in [-0.15, -0.1) is 0 Å². The Morgan fingerprint density at radius 3 is 2.90 bits per heavy atom. The molecular weight excluding hydrogens is 256 g/mol. The van der Waals surface area contributed by atoms with Crippen molar-refractivity contribution in [3.05, 3.63) is 29.3 Å². The van der Waals surface area contributed by atoms with Crippen molar-refractivity contribution in [1.82, 2.24) is 5.32 Å². The van der Waals surface area contributed by atoms with Crippen LogP contribution in [0.4, 0.5) is 5.69 Å². The van der Waals surface area contributed by atoms with E-state index in [0.717, 1.165) is 37.1 Å². The average molecular weight is 274 g/mol. The van der Waals surface area contributed by atoms with Crippen molar-refractivity contribution in [1.29, 1.82) is 0 Å². The molecule has 3 rings (SSSR count). The van der Waals surface area contributed by atoms with Crippen molar-refractivity contribution >= 4 is 17.6 Å². The molecule has 1 fully saturated rings. The number of aliphatic carboxylic acids is 1. The van der Waals surface area contributed by atoms with E-state index in [1.807, 2.05) is 12.1 Å². The van der Waals surface area contributed by atoms with Gasteiger partial charge in [0.25, 0.3) is 5.91 Å². The Balaban J connectivity index is 1.70. The maximum absolute atomic E-state index is 12.2. The van der Waals surface area contributed by atoms with Crippen LogP contribution in [0.25, 0.3) is 0 Å². The molecule has 1 heterocycles. The summed E-state index contributed by atoms with van der Waals surface area (Å²) in [6.45, 7) is 0.907. The molecule has 5 heteroatoms. The number of carbonyl (C=O) groups is 2. The summed E-state index contributed by atoms with van der Waals surface area (Å²) in [4.78, 5) is 23.1. The number of rotatable bonds is 5. The van der Waals surface area contributed by atoms with Gasteiger partial charge in [-0.2, -0.15) is 0 Å². The van der Waals surface area contributed by atoms with Crippen LogP contribution in [0.5, 0.6) is 0 Å². The van der Waals surface area contributed by atoms with Crippen LogP contribution in [0.2, 0.25) is 0 Å². The van der Waals surface area contributed by atoms with E-state index in [9.17, 15) is 9.59 Å². The van der Waals surface area contributed by atoms with Crippen LogP contribution in [0.15, 0.2) is 18.2 Å². The molecule has 1 atom stereocenters. The van der Waals surface area contributed by atoms with Crippen LogP contribution in [-0.2, 0) is 11.2 Å². The number of carbonyl (C=O) groups excluding carboxylic acids is 1. The molecule has 2 aliphatic rings. The lowest BCUT2D eigenvalue weighted by Crippen LogP contribution is -2.38. The molecule has 106 valence electrons. The van der Waals surface area contributed by atoms with Crippen LogP contribution >= 0.6 is 0 Å². The minimum Gasteiger partial charge on any atom is -0.481 e. The van der Waals surface area contributed by atoms with E-state index in [0.29, 0.717) is 11.5 Å². The molecule has 20 heavy (non-hydrogen) atoms. The summed E-state index contributed by atoms with van der Waals surface area (Å²) >= 11 is 0. The van der Waals surface area contributed by atoms with Crippen LogP contribution in [-0.4, -0.2) is 29.6 Å². The third-order valence-electron chi connectivity index (χ3n) is 3.98. The van der Waals surface area contributed by atoms with Gasteiger partial charge >= 0.3 is 5.97 Å². The van der Waals surface area contributed by atoms with Crippen LogP contribution in [0.3, 0.4) is 0 Å². The van der Waals surface area contributed by atoms with Crippen molar-refractivity contribution in [2.45, 2.75) is 31.7 Å². The lowest BCUT2D eigenvalue weighted by atomic mass is 10.1. The molecule has 1 aromatic carbocycles. The number of carboxylic acid groups (broad SMARTS) is 1. The molecule has 0 aromatic heterocycles. The van der Waals surface area contributed by atoms with Crippen molar-refractivity contribution in [2.24, 2.45) is 5.92 Å². The van der Waals surface area contributed by atoms with Crippen molar-refractivity contribution in [3.63, 3.8) is 0 Å².